The van der Waals surface area contributed by atoms with Gasteiger partial charge in [-0.1, -0.05) is 27.7 Å². The molecule has 0 aromatic carbocycles. The third-order valence-electron chi connectivity index (χ3n) is 2.93. The largest absolute Gasteiger partial charge is 0.298 e. The van der Waals surface area contributed by atoms with Gasteiger partial charge in [-0.15, -0.1) is 0 Å². The smallest absolute Gasteiger partial charge is 0.0492 e. The quantitative estimate of drug-likeness (QED) is 0.553. The second kappa shape index (κ2) is 4.53. The molecule has 0 aromatic rings. The van der Waals surface area contributed by atoms with Gasteiger partial charge in [-0.05, 0) is 31.4 Å². The Kier molecular flexibility index (Phi) is 4.39. The topological polar surface area (TPSA) is 12.4 Å². The van der Waals surface area contributed by atoms with Crippen LogP contribution in [0.4, 0.5) is 0 Å². The van der Waals surface area contributed by atoms with Gasteiger partial charge in [-0.25, -0.2) is 0 Å². The van der Waals surface area contributed by atoms with Crippen LogP contribution in [0, 0.1) is 17.8 Å². The highest BCUT2D eigenvalue weighted by Crippen LogP contribution is 2.23. The second-order valence-electron chi connectivity index (χ2n) is 3.89. The normalized spacial score (nSPS) is 19.5. The molecule has 0 heterocycles. The SMILES string of the molecule is C=NC(C)C(C)C(C)C(C)C. The molecule has 0 N–H and O–H groups in total. The van der Waals surface area contributed by atoms with E-state index in [1.165, 1.54) is 0 Å². The van der Waals surface area contributed by atoms with E-state index in [2.05, 4.69) is 46.3 Å². The zero-order valence-electron chi connectivity index (χ0n) is 8.46. The lowest BCUT2D eigenvalue weighted by atomic mass is 9.82. The summed E-state index contributed by atoms with van der Waals surface area (Å²) in [6.45, 7) is 14.8. The van der Waals surface area contributed by atoms with Crippen LogP contribution in [0.15, 0.2) is 4.99 Å². The van der Waals surface area contributed by atoms with Crippen LogP contribution in [-0.4, -0.2) is 12.8 Å². The van der Waals surface area contributed by atoms with Crippen molar-refractivity contribution >= 4 is 6.72 Å². The first-order chi connectivity index (χ1) is 5.00. The standard InChI is InChI=1S/C10H21N/c1-7(2)8(3)9(4)10(5)11-6/h7-10H,6H2,1-5H3. The van der Waals surface area contributed by atoms with Gasteiger partial charge >= 0.3 is 0 Å². The van der Waals surface area contributed by atoms with E-state index in [-0.39, 0.29) is 0 Å². The zero-order valence-corrected chi connectivity index (χ0v) is 8.46. The van der Waals surface area contributed by atoms with E-state index < -0.39 is 0 Å². The van der Waals surface area contributed by atoms with Crippen molar-refractivity contribution in [3.05, 3.63) is 0 Å². The molecule has 0 spiro atoms. The maximum atomic E-state index is 4.04. The van der Waals surface area contributed by atoms with E-state index in [1.54, 1.807) is 0 Å². The predicted octanol–water partition coefficient (Wildman–Crippen LogP) is 3.00. The number of hydrogen-bond acceptors (Lipinski definition) is 1. The molecule has 0 rings (SSSR count). The summed E-state index contributed by atoms with van der Waals surface area (Å²) in [4.78, 5) is 4.04. The Morgan fingerprint density at radius 1 is 0.909 bits per heavy atom. The van der Waals surface area contributed by atoms with Crippen molar-refractivity contribution < 1.29 is 0 Å². The molecule has 0 saturated carbocycles. The Labute approximate surface area is 70.9 Å². The van der Waals surface area contributed by atoms with E-state index >= 15 is 0 Å². The minimum absolute atomic E-state index is 0.396. The Morgan fingerprint density at radius 3 is 1.64 bits per heavy atom. The van der Waals surface area contributed by atoms with Crippen LogP contribution in [0.5, 0.6) is 0 Å². The summed E-state index contributed by atoms with van der Waals surface area (Å²) in [6.07, 6.45) is 0. The molecule has 0 aliphatic heterocycles. The lowest BCUT2D eigenvalue weighted by molar-refractivity contribution is 0.266. The van der Waals surface area contributed by atoms with Gasteiger partial charge in [0.1, 0.15) is 0 Å². The molecule has 3 atom stereocenters. The molecule has 66 valence electrons. The van der Waals surface area contributed by atoms with E-state index in [1.807, 2.05) is 0 Å². The highest BCUT2D eigenvalue weighted by atomic mass is 14.7. The van der Waals surface area contributed by atoms with Gasteiger partial charge in [0.15, 0.2) is 0 Å². The summed E-state index contributed by atoms with van der Waals surface area (Å²) >= 11 is 0. The van der Waals surface area contributed by atoms with Crippen LogP contribution in [0.3, 0.4) is 0 Å². The molecule has 11 heavy (non-hydrogen) atoms. The van der Waals surface area contributed by atoms with Crippen molar-refractivity contribution in [2.75, 3.05) is 0 Å². The molecule has 0 aromatic heterocycles. The molecular formula is C10H21N. The maximum absolute atomic E-state index is 4.04. The summed E-state index contributed by atoms with van der Waals surface area (Å²) in [5, 5.41) is 0. The van der Waals surface area contributed by atoms with Crippen LogP contribution in [0.25, 0.3) is 0 Å². The predicted molar refractivity (Wildman–Crippen MR) is 52.2 cm³/mol. The summed E-state index contributed by atoms with van der Waals surface area (Å²) < 4.78 is 0. The van der Waals surface area contributed by atoms with Gasteiger partial charge in [0.05, 0.1) is 0 Å². The zero-order chi connectivity index (χ0) is 9.02. The molecule has 0 bridgehead atoms. The van der Waals surface area contributed by atoms with Gasteiger partial charge in [0, 0.05) is 6.04 Å². The summed E-state index contributed by atoms with van der Waals surface area (Å²) in [5.74, 6) is 2.12. The fraction of sp³-hybridized carbons (Fsp3) is 0.900. The highest BCUT2D eigenvalue weighted by molar-refractivity contribution is 5.24. The highest BCUT2D eigenvalue weighted by Gasteiger charge is 2.19. The number of rotatable bonds is 4. The van der Waals surface area contributed by atoms with Crippen molar-refractivity contribution in [3.8, 4) is 0 Å². The molecule has 1 heteroatoms. The Balaban J connectivity index is 4.00. The number of aliphatic imine (C=N–C) groups is 1. The van der Waals surface area contributed by atoms with Crippen molar-refractivity contribution in [2.24, 2.45) is 22.7 Å². The van der Waals surface area contributed by atoms with Crippen molar-refractivity contribution in [1.82, 2.24) is 0 Å². The second-order valence-corrected chi connectivity index (χ2v) is 3.89. The fourth-order valence-corrected chi connectivity index (χ4v) is 1.21. The Hall–Kier alpha value is -0.330. The van der Waals surface area contributed by atoms with Crippen LogP contribution < -0.4 is 0 Å². The summed E-state index contributed by atoms with van der Waals surface area (Å²) in [7, 11) is 0. The van der Waals surface area contributed by atoms with Gasteiger partial charge < -0.3 is 0 Å². The van der Waals surface area contributed by atoms with Gasteiger partial charge in [-0.2, -0.15) is 0 Å². The third-order valence-corrected chi connectivity index (χ3v) is 2.93. The first-order valence-electron chi connectivity index (χ1n) is 4.46. The number of nitrogens with zero attached hydrogens (tertiary/aromatic N) is 1. The molecule has 0 fully saturated rings. The van der Waals surface area contributed by atoms with Gasteiger partial charge in [0.2, 0.25) is 0 Å². The summed E-state index contributed by atoms with van der Waals surface area (Å²) in [6, 6.07) is 0.396. The molecular weight excluding hydrogens is 134 g/mol. The lowest BCUT2D eigenvalue weighted by Crippen LogP contribution is -2.23. The van der Waals surface area contributed by atoms with E-state index in [4.69, 9.17) is 0 Å². The third kappa shape index (κ3) is 3.04. The average molecular weight is 155 g/mol. The maximum Gasteiger partial charge on any atom is 0.0492 e. The molecule has 0 aliphatic carbocycles. The summed E-state index contributed by atoms with van der Waals surface area (Å²) in [5.41, 5.74) is 0. The molecule has 3 unspecified atom stereocenters. The monoisotopic (exact) mass is 155 g/mol. The fourth-order valence-electron chi connectivity index (χ4n) is 1.21. The lowest BCUT2D eigenvalue weighted by Gasteiger charge is -2.26. The van der Waals surface area contributed by atoms with Crippen molar-refractivity contribution in [3.63, 3.8) is 0 Å². The van der Waals surface area contributed by atoms with Crippen molar-refractivity contribution in [1.29, 1.82) is 0 Å². The van der Waals surface area contributed by atoms with E-state index in [0.717, 1.165) is 11.8 Å². The molecule has 0 amide bonds. The van der Waals surface area contributed by atoms with Crippen LogP contribution in [-0.2, 0) is 0 Å². The average Bonchev–Trinajstić information content (AvgIpc) is 2.00. The van der Waals surface area contributed by atoms with Crippen LogP contribution in [0.2, 0.25) is 0 Å². The minimum atomic E-state index is 0.396. The molecule has 0 aliphatic rings. The van der Waals surface area contributed by atoms with E-state index in [9.17, 15) is 0 Å². The minimum Gasteiger partial charge on any atom is -0.298 e. The van der Waals surface area contributed by atoms with E-state index in [0.29, 0.717) is 12.0 Å². The van der Waals surface area contributed by atoms with Crippen LogP contribution in [0.1, 0.15) is 34.6 Å². The molecule has 0 radical (unpaired) electrons. The number of hydrogen-bond donors (Lipinski definition) is 0. The Bertz CT molecular complexity index is 118. The first-order valence-corrected chi connectivity index (χ1v) is 4.46. The molecule has 0 saturated heterocycles. The molecule has 1 nitrogen and oxygen atoms in total. The van der Waals surface area contributed by atoms with Gasteiger partial charge in [0.25, 0.3) is 0 Å². The Morgan fingerprint density at radius 2 is 1.36 bits per heavy atom. The van der Waals surface area contributed by atoms with Crippen molar-refractivity contribution in [2.45, 2.75) is 40.7 Å². The first kappa shape index (κ1) is 10.7. The van der Waals surface area contributed by atoms with Gasteiger partial charge in [-0.3, -0.25) is 4.99 Å². The van der Waals surface area contributed by atoms with Crippen LogP contribution >= 0.6 is 0 Å².